The molecule has 1 aliphatic rings. The minimum atomic E-state index is -0.427. The highest BCUT2D eigenvalue weighted by Gasteiger charge is 2.27. The van der Waals surface area contributed by atoms with Gasteiger partial charge in [-0.3, -0.25) is 24.1 Å². The summed E-state index contributed by atoms with van der Waals surface area (Å²) in [4.78, 5) is 48.2. The fourth-order valence-electron chi connectivity index (χ4n) is 2.63. The normalized spacial score (nSPS) is 12.8. The molecule has 1 heterocycles. The Morgan fingerprint density at radius 1 is 1.23 bits per heavy atom. The van der Waals surface area contributed by atoms with E-state index >= 15 is 0 Å². The average Bonchev–Trinajstić information content (AvgIpc) is 2.63. The van der Waals surface area contributed by atoms with Crippen molar-refractivity contribution in [1.82, 2.24) is 0 Å². The van der Waals surface area contributed by atoms with Crippen LogP contribution in [0.15, 0.2) is 42.5 Å². The molecule has 26 heavy (non-hydrogen) atoms. The number of hydrogen-bond donors (Lipinski definition) is 1. The Morgan fingerprint density at radius 3 is 2.77 bits per heavy atom. The zero-order chi connectivity index (χ0) is 18.7. The maximum absolute atomic E-state index is 12.4. The summed E-state index contributed by atoms with van der Waals surface area (Å²) in [6.45, 7) is 1.03. The molecule has 3 rings (SSSR count). The van der Waals surface area contributed by atoms with Gasteiger partial charge in [-0.05, 0) is 37.3 Å². The quantitative estimate of drug-likeness (QED) is 0.657. The Bertz CT molecular complexity index is 907. The lowest BCUT2D eigenvalue weighted by Gasteiger charge is -2.29. The zero-order valence-electron chi connectivity index (χ0n) is 14.0. The third-order valence-electron chi connectivity index (χ3n) is 3.92. The Hall–Kier alpha value is -3.48. The molecule has 0 aliphatic carbocycles. The van der Waals surface area contributed by atoms with Crippen LogP contribution in [0.2, 0.25) is 0 Å². The predicted octanol–water partition coefficient (Wildman–Crippen LogP) is 2.07. The van der Waals surface area contributed by atoms with Gasteiger partial charge in [0.2, 0.25) is 5.91 Å². The molecular formula is C19H16N2O5. The lowest BCUT2D eigenvalue weighted by atomic mass is 10.1. The molecule has 0 aromatic heterocycles. The minimum absolute atomic E-state index is 0.111. The molecule has 2 aromatic rings. The summed E-state index contributed by atoms with van der Waals surface area (Å²) in [5.41, 5.74) is 1.69. The lowest BCUT2D eigenvalue weighted by Crippen LogP contribution is -2.43. The Kier molecular flexibility index (Phi) is 4.79. The van der Waals surface area contributed by atoms with Crippen molar-refractivity contribution >= 4 is 35.3 Å². The fraction of sp³-hybridized carbons (Fsp3) is 0.158. The van der Waals surface area contributed by atoms with Gasteiger partial charge in [-0.25, -0.2) is 0 Å². The average molecular weight is 352 g/mol. The first-order valence-corrected chi connectivity index (χ1v) is 7.91. The van der Waals surface area contributed by atoms with Crippen molar-refractivity contribution in [2.24, 2.45) is 0 Å². The topological polar surface area (TPSA) is 92.8 Å². The van der Waals surface area contributed by atoms with Crippen molar-refractivity contribution in [2.45, 2.75) is 6.92 Å². The Labute approximate surface area is 149 Å². The largest absolute Gasteiger partial charge is 0.482 e. The third kappa shape index (κ3) is 3.61. The van der Waals surface area contributed by atoms with Crippen molar-refractivity contribution in [2.75, 3.05) is 23.4 Å². The van der Waals surface area contributed by atoms with Crippen LogP contribution in [0.4, 0.5) is 11.4 Å². The van der Waals surface area contributed by atoms with Gasteiger partial charge in [0.05, 0.1) is 5.69 Å². The summed E-state index contributed by atoms with van der Waals surface area (Å²) in [5, 5.41) is 2.67. The first-order chi connectivity index (χ1) is 12.5. The number of nitrogens with zero attached hydrogens (tertiary/aromatic N) is 1. The van der Waals surface area contributed by atoms with Gasteiger partial charge in [-0.15, -0.1) is 0 Å². The maximum Gasteiger partial charge on any atom is 0.265 e. The van der Waals surface area contributed by atoms with Crippen LogP contribution in [0.25, 0.3) is 0 Å². The van der Waals surface area contributed by atoms with E-state index in [-0.39, 0.29) is 24.8 Å². The standard InChI is InChI=1S/C19H16N2O5/c1-12(23)14-3-2-4-15(8-14)20-18(24)9-21-16-7-13(10-22)5-6-17(16)26-11-19(21)25/h2-8,10H,9,11H2,1H3,(H,20,24). The van der Waals surface area contributed by atoms with Crippen LogP contribution < -0.4 is 15.0 Å². The van der Waals surface area contributed by atoms with Gasteiger partial charge in [-0.1, -0.05) is 12.1 Å². The lowest BCUT2D eigenvalue weighted by molar-refractivity contribution is -0.123. The number of amides is 2. The predicted molar refractivity (Wildman–Crippen MR) is 94.8 cm³/mol. The number of aldehydes is 1. The number of fused-ring (bicyclic) bond motifs is 1. The zero-order valence-corrected chi connectivity index (χ0v) is 14.0. The first kappa shape index (κ1) is 17.3. The summed E-state index contributed by atoms with van der Waals surface area (Å²) >= 11 is 0. The number of rotatable bonds is 5. The molecule has 2 amide bonds. The number of carbonyl (C=O) groups is 4. The minimum Gasteiger partial charge on any atom is -0.482 e. The molecule has 1 N–H and O–H groups in total. The summed E-state index contributed by atoms with van der Waals surface area (Å²) in [5.74, 6) is -0.488. The monoisotopic (exact) mass is 352 g/mol. The Morgan fingerprint density at radius 2 is 2.04 bits per heavy atom. The number of anilines is 2. The van der Waals surface area contributed by atoms with Crippen LogP contribution in [-0.4, -0.2) is 37.0 Å². The molecule has 7 nitrogen and oxygen atoms in total. The maximum atomic E-state index is 12.4. The van der Waals surface area contributed by atoms with Crippen molar-refractivity contribution in [3.8, 4) is 5.75 Å². The highest BCUT2D eigenvalue weighted by molar-refractivity contribution is 6.05. The number of carbonyl (C=O) groups excluding carboxylic acids is 4. The van der Waals surface area contributed by atoms with Crippen LogP contribution in [0.1, 0.15) is 27.6 Å². The van der Waals surface area contributed by atoms with Gasteiger partial charge in [0.25, 0.3) is 5.91 Å². The van der Waals surface area contributed by atoms with Gasteiger partial charge in [0.1, 0.15) is 18.6 Å². The van der Waals surface area contributed by atoms with E-state index in [1.807, 2.05) is 0 Å². The van der Waals surface area contributed by atoms with Crippen molar-refractivity contribution in [1.29, 1.82) is 0 Å². The molecule has 0 saturated heterocycles. The SMILES string of the molecule is CC(=O)c1cccc(NC(=O)CN2C(=O)COc3ccc(C=O)cc32)c1. The summed E-state index contributed by atoms with van der Waals surface area (Å²) < 4.78 is 5.33. The van der Waals surface area contributed by atoms with Gasteiger partial charge < -0.3 is 10.1 Å². The molecule has 132 valence electrons. The molecule has 0 saturated carbocycles. The Balaban J connectivity index is 1.79. The molecule has 0 fully saturated rings. The molecule has 1 aliphatic heterocycles. The van der Waals surface area contributed by atoms with Crippen LogP contribution >= 0.6 is 0 Å². The number of ketones is 1. The molecule has 0 atom stereocenters. The van der Waals surface area contributed by atoms with Crippen molar-refractivity contribution < 1.29 is 23.9 Å². The summed E-state index contributed by atoms with van der Waals surface area (Å²) in [6, 6.07) is 11.2. The van der Waals surface area contributed by atoms with Crippen LogP contribution in [-0.2, 0) is 9.59 Å². The second kappa shape index (κ2) is 7.18. The van der Waals surface area contributed by atoms with E-state index in [2.05, 4.69) is 5.32 Å². The fourth-order valence-corrected chi connectivity index (χ4v) is 2.63. The molecule has 0 bridgehead atoms. The van der Waals surface area contributed by atoms with Gasteiger partial charge in [0.15, 0.2) is 12.4 Å². The number of benzene rings is 2. The van der Waals surface area contributed by atoms with E-state index in [1.165, 1.54) is 17.9 Å². The summed E-state index contributed by atoms with van der Waals surface area (Å²) in [6.07, 6.45) is 0.658. The van der Waals surface area contributed by atoms with Crippen LogP contribution in [0, 0.1) is 0 Å². The van der Waals surface area contributed by atoms with Crippen LogP contribution in [0.5, 0.6) is 5.75 Å². The molecule has 0 radical (unpaired) electrons. The van der Waals surface area contributed by atoms with E-state index in [9.17, 15) is 19.2 Å². The number of ether oxygens (including phenoxy) is 1. The van der Waals surface area contributed by atoms with E-state index < -0.39 is 5.91 Å². The summed E-state index contributed by atoms with van der Waals surface area (Å²) in [7, 11) is 0. The third-order valence-corrected chi connectivity index (χ3v) is 3.92. The highest BCUT2D eigenvalue weighted by Crippen LogP contribution is 2.32. The highest BCUT2D eigenvalue weighted by atomic mass is 16.5. The smallest absolute Gasteiger partial charge is 0.265 e. The van der Waals surface area contributed by atoms with Crippen molar-refractivity contribution in [3.63, 3.8) is 0 Å². The van der Waals surface area contributed by atoms with Gasteiger partial charge in [-0.2, -0.15) is 0 Å². The van der Waals surface area contributed by atoms with E-state index in [0.29, 0.717) is 34.5 Å². The number of hydrogen-bond acceptors (Lipinski definition) is 5. The molecular weight excluding hydrogens is 336 g/mol. The van der Waals surface area contributed by atoms with Gasteiger partial charge in [0, 0.05) is 16.8 Å². The van der Waals surface area contributed by atoms with E-state index in [4.69, 9.17) is 4.74 Å². The van der Waals surface area contributed by atoms with Crippen molar-refractivity contribution in [3.05, 3.63) is 53.6 Å². The number of Topliss-reactive ketones (excluding diaryl/α,β-unsaturated/α-hetero) is 1. The molecule has 0 unspecified atom stereocenters. The molecule has 0 spiro atoms. The first-order valence-electron chi connectivity index (χ1n) is 7.91. The van der Waals surface area contributed by atoms with Gasteiger partial charge >= 0.3 is 0 Å². The molecule has 2 aromatic carbocycles. The molecule has 7 heteroatoms. The second-order valence-electron chi connectivity index (χ2n) is 5.80. The number of nitrogens with one attached hydrogen (secondary N) is 1. The second-order valence-corrected chi connectivity index (χ2v) is 5.80. The van der Waals surface area contributed by atoms with E-state index in [1.54, 1.807) is 36.4 Å². The van der Waals surface area contributed by atoms with E-state index in [0.717, 1.165) is 0 Å². The van der Waals surface area contributed by atoms with Crippen LogP contribution in [0.3, 0.4) is 0 Å².